The van der Waals surface area contributed by atoms with Crippen molar-refractivity contribution >= 4 is 29.9 Å². The first kappa shape index (κ1) is 17.2. The molecular formula is C15H23FIN3. The molecule has 112 valence electrons. The standard InChI is InChI=1S/C15H22FN3.HI/c1-2-17-15(19-10-3-4-11-19)18-9-8-13-6-5-7-14(16)12-13;/h5-7,12H,2-4,8-11H2,1H3,(H,17,18);1H. The number of guanidine groups is 1. The molecule has 1 aliphatic heterocycles. The fraction of sp³-hybridized carbons (Fsp3) is 0.533. The topological polar surface area (TPSA) is 27.6 Å². The Hall–Kier alpha value is -0.850. The Morgan fingerprint density at radius 1 is 1.35 bits per heavy atom. The number of hydrogen-bond donors (Lipinski definition) is 1. The summed E-state index contributed by atoms with van der Waals surface area (Å²) in [7, 11) is 0. The zero-order chi connectivity index (χ0) is 13.5. The smallest absolute Gasteiger partial charge is 0.193 e. The average molecular weight is 391 g/mol. The number of nitrogens with one attached hydrogen (secondary N) is 1. The minimum absolute atomic E-state index is 0. The van der Waals surface area contributed by atoms with Crippen LogP contribution in [0.3, 0.4) is 0 Å². The lowest BCUT2D eigenvalue weighted by Gasteiger charge is -2.20. The van der Waals surface area contributed by atoms with Gasteiger partial charge in [-0.05, 0) is 43.9 Å². The second-order valence-corrected chi connectivity index (χ2v) is 4.81. The highest BCUT2D eigenvalue weighted by atomic mass is 127. The van der Waals surface area contributed by atoms with Crippen LogP contribution in [0, 0.1) is 5.82 Å². The van der Waals surface area contributed by atoms with Crippen molar-refractivity contribution in [3.8, 4) is 0 Å². The molecule has 0 aliphatic carbocycles. The summed E-state index contributed by atoms with van der Waals surface area (Å²) < 4.78 is 13.1. The van der Waals surface area contributed by atoms with Crippen molar-refractivity contribution in [1.82, 2.24) is 10.2 Å². The zero-order valence-corrected chi connectivity index (χ0v) is 14.3. The van der Waals surface area contributed by atoms with Gasteiger partial charge in [0.1, 0.15) is 5.82 Å². The van der Waals surface area contributed by atoms with Crippen LogP contribution in [-0.4, -0.2) is 37.0 Å². The monoisotopic (exact) mass is 391 g/mol. The van der Waals surface area contributed by atoms with E-state index in [1.807, 2.05) is 6.07 Å². The first-order valence-electron chi connectivity index (χ1n) is 7.07. The van der Waals surface area contributed by atoms with Gasteiger partial charge in [-0.3, -0.25) is 4.99 Å². The van der Waals surface area contributed by atoms with Gasteiger partial charge in [0.25, 0.3) is 0 Å². The Morgan fingerprint density at radius 3 is 2.75 bits per heavy atom. The van der Waals surface area contributed by atoms with Gasteiger partial charge in [-0.25, -0.2) is 4.39 Å². The highest BCUT2D eigenvalue weighted by Gasteiger charge is 2.15. The fourth-order valence-electron chi connectivity index (χ4n) is 2.34. The molecule has 0 amide bonds. The molecule has 1 fully saturated rings. The molecule has 3 nitrogen and oxygen atoms in total. The van der Waals surface area contributed by atoms with E-state index in [0.29, 0.717) is 6.54 Å². The lowest BCUT2D eigenvalue weighted by Crippen LogP contribution is -2.39. The van der Waals surface area contributed by atoms with Gasteiger partial charge in [0.05, 0.1) is 0 Å². The molecule has 1 saturated heterocycles. The van der Waals surface area contributed by atoms with Gasteiger partial charge in [0, 0.05) is 26.2 Å². The van der Waals surface area contributed by atoms with Crippen molar-refractivity contribution in [3.05, 3.63) is 35.6 Å². The predicted octanol–water partition coefficient (Wildman–Crippen LogP) is 3.05. The van der Waals surface area contributed by atoms with Gasteiger partial charge in [0.15, 0.2) is 5.96 Å². The summed E-state index contributed by atoms with van der Waals surface area (Å²) in [4.78, 5) is 6.93. The van der Waals surface area contributed by atoms with Crippen molar-refractivity contribution in [2.75, 3.05) is 26.2 Å². The van der Waals surface area contributed by atoms with Crippen LogP contribution in [0.25, 0.3) is 0 Å². The number of benzene rings is 1. The number of nitrogens with zero attached hydrogens (tertiary/aromatic N) is 2. The van der Waals surface area contributed by atoms with E-state index in [-0.39, 0.29) is 29.8 Å². The second-order valence-electron chi connectivity index (χ2n) is 4.81. The third-order valence-corrected chi connectivity index (χ3v) is 3.29. The van der Waals surface area contributed by atoms with Gasteiger partial charge in [-0.2, -0.15) is 0 Å². The molecule has 20 heavy (non-hydrogen) atoms. The molecule has 0 unspecified atom stereocenters. The van der Waals surface area contributed by atoms with Gasteiger partial charge >= 0.3 is 0 Å². The van der Waals surface area contributed by atoms with E-state index < -0.39 is 0 Å². The molecule has 1 N–H and O–H groups in total. The Morgan fingerprint density at radius 2 is 2.10 bits per heavy atom. The molecule has 5 heteroatoms. The quantitative estimate of drug-likeness (QED) is 0.486. The van der Waals surface area contributed by atoms with Crippen LogP contribution in [0.15, 0.2) is 29.3 Å². The number of rotatable bonds is 4. The zero-order valence-electron chi connectivity index (χ0n) is 11.9. The molecule has 0 spiro atoms. The van der Waals surface area contributed by atoms with Crippen LogP contribution in [0.1, 0.15) is 25.3 Å². The van der Waals surface area contributed by atoms with E-state index in [2.05, 4.69) is 22.1 Å². The summed E-state index contributed by atoms with van der Waals surface area (Å²) in [6.07, 6.45) is 3.27. The molecule has 1 aromatic carbocycles. The summed E-state index contributed by atoms with van der Waals surface area (Å²) in [6.45, 7) is 5.84. The molecule has 1 heterocycles. The summed E-state index contributed by atoms with van der Waals surface area (Å²) in [5, 5.41) is 3.32. The Labute approximate surface area is 137 Å². The molecule has 0 atom stereocenters. The lowest BCUT2D eigenvalue weighted by molar-refractivity contribution is 0.494. The maximum Gasteiger partial charge on any atom is 0.193 e. The van der Waals surface area contributed by atoms with E-state index in [0.717, 1.165) is 37.6 Å². The molecule has 0 radical (unpaired) electrons. The van der Waals surface area contributed by atoms with E-state index in [4.69, 9.17) is 0 Å². The minimum atomic E-state index is -0.173. The average Bonchev–Trinajstić information content (AvgIpc) is 2.91. The number of hydrogen-bond acceptors (Lipinski definition) is 1. The van der Waals surface area contributed by atoms with Crippen molar-refractivity contribution < 1.29 is 4.39 Å². The van der Waals surface area contributed by atoms with Gasteiger partial charge in [-0.15, -0.1) is 24.0 Å². The molecule has 0 bridgehead atoms. The van der Waals surface area contributed by atoms with E-state index >= 15 is 0 Å². The Bertz CT molecular complexity index is 431. The largest absolute Gasteiger partial charge is 0.357 e. The molecule has 1 aromatic rings. The van der Waals surface area contributed by atoms with E-state index in [9.17, 15) is 4.39 Å². The summed E-state index contributed by atoms with van der Waals surface area (Å²) in [5.74, 6) is 0.823. The Kier molecular flexibility index (Phi) is 7.87. The molecule has 0 aromatic heterocycles. The molecule has 0 saturated carbocycles. The van der Waals surface area contributed by atoms with Gasteiger partial charge in [0.2, 0.25) is 0 Å². The van der Waals surface area contributed by atoms with Crippen molar-refractivity contribution in [1.29, 1.82) is 0 Å². The molecule has 2 rings (SSSR count). The maximum atomic E-state index is 13.1. The van der Waals surface area contributed by atoms with Crippen LogP contribution in [0.5, 0.6) is 0 Å². The minimum Gasteiger partial charge on any atom is -0.357 e. The first-order chi connectivity index (χ1) is 9.29. The first-order valence-corrected chi connectivity index (χ1v) is 7.07. The normalized spacial score (nSPS) is 15.1. The fourth-order valence-corrected chi connectivity index (χ4v) is 2.34. The highest BCUT2D eigenvalue weighted by Crippen LogP contribution is 2.08. The lowest BCUT2D eigenvalue weighted by atomic mass is 10.1. The summed E-state index contributed by atoms with van der Waals surface area (Å²) >= 11 is 0. The predicted molar refractivity (Wildman–Crippen MR) is 92.3 cm³/mol. The number of halogens is 2. The van der Waals surface area contributed by atoms with Crippen LogP contribution in [0.4, 0.5) is 4.39 Å². The SMILES string of the molecule is CCNC(=NCCc1cccc(F)c1)N1CCCC1.I. The second kappa shape index (κ2) is 9.15. The van der Waals surface area contributed by atoms with Gasteiger partial charge in [-0.1, -0.05) is 12.1 Å². The molecule has 1 aliphatic rings. The van der Waals surface area contributed by atoms with Crippen LogP contribution in [0.2, 0.25) is 0 Å². The third-order valence-electron chi connectivity index (χ3n) is 3.29. The van der Waals surface area contributed by atoms with Crippen LogP contribution >= 0.6 is 24.0 Å². The van der Waals surface area contributed by atoms with E-state index in [1.54, 1.807) is 12.1 Å². The highest BCUT2D eigenvalue weighted by molar-refractivity contribution is 14.0. The summed E-state index contributed by atoms with van der Waals surface area (Å²) in [5.41, 5.74) is 1.00. The number of aliphatic imine (C=N–C) groups is 1. The third kappa shape index (κ3) is 5.26. The summed E-state index contributed by atoms with van der Waals surface area (Å²) in [6, 6.07) is 6.75. The van der Waals surface area contributed by atoms with Crippen molar-refractivity contribution in [2.24, 2.45) is 4.99 Å². The maximum absolute atomic E-state index is 13.1. The van der Waals surface area contributed by atoms with Crippen molar-refractivity contribution in [3.63, 3.8) is 0 Å². The van der Waals surface area contributed by atoms with Gasteiger partial charge < -0.3 is 10.2 Å². The van der Waals surface area contributed by atoms with Crippen LogP contribution < -0.4 is 5.32 Å². The van der Waals surface area contributed by atoms with E-state index in [1.165, 1.54) is 18.9 Å². The molecular weight excluding hydrogens is 368 g/mol. The Balaban J connectivity index is 0.00000200. The van der Waals surface area contributed by atoms with Crippen LogP contribution in [-0.2, 0) is 6.42 Å². The van der Waals surface area contributed by atoms with Crippen molar-refractivity contribution in [2.45, 2.75) is 26.2 Å². The number of likely N-dealkylation sites (tertiary alicyclic amines) is 1.